The first-order chi connectivity index (χ1) is 9.18. The van der Waals surface area contributed by atoms with Gasteiger partial charge in [-0.05, 0) is 18.9 Å². The number of carbonyl (C=O) groups is 1. The first-order valence-electron chi connectivity index (χ1n) is 7.14. The van der Waals surface area contributed by atoms with Gasteiger partial charge in [0.15, 0.2) is 0 Å². The van der Waals surface area contributed by atoms with Crippen LogP contribution in [0.15, 0.2) is 36.1 Å². The van der Waals surface area contributed by atoms with Gasteiger partial charge in [-0.2, -0.15) is 0 Å². The molecule has 0 aromatic rings. The summed E-state index contributed by atoms with van der Waals surface area (Å²) in [6.45, 7) is 2.23. The van der Waals surface area contributed by atoms with Crippen molar-refractivity contribution in [2.24, 2.45) is 0 Å². The van der Waals surface area contributed by atoms with Crippen molar-refractivity contribution in [1.29, 1.82) is 0 Å². The molecular formula is C16H26O3. The maximum atomic E-state index is 10.3. The molecule has 0 radical (unpaired) electrons. The van der Waals surface area contributed by atoms with Crippen LogP contribution >= 0.6 is 0 Å². The van der Waals surface area contributed by atoms with Crippen LogP contribution in [0.25, 0.3) is 0 Å². The van der Waals surface area contributed by atoms with Gasteiger partial charge in [0.2, 0.25) is 5.76 Å². The second kappa shape index (κ2) is 12.9. The minimum atomic E-state index is -1.31. The van der Waals surface area contributed by atoms with E-state index in [9.17, 15) is 4.79 Å². The maximum Gasteiger partial charge on any atom is 0.370 e. The fraction of sp³-hybridized carbons (Fsp3) is 0.562. The second-order valence-electron chi connectivity index (χ2n) is 4.58. The van der Waals surface area contributed by atoms with E-state index in [1.54, 1.807) is 6.08 Å². The molecule has 0 aliphatic carbocycles. The standard InChI is InChI=1S/C16H26O3/c1-2-3-4-5-6-7-8-9-10-11-12-13-14-15(17)16(18)19/h10-14,17H,2-9H2,1H3,(H,18,19). The Labute approximate surface area is 116 Å². The minimum Gasteiger partial charge on any atom is -0.502 e. The predicted octanol–water partition coefficient (Wildman–Crippen LogP) is 4.77. The van der Waals surface area contributed by atoms with Gasteiger partial charge in [-0.25, -0.2) is 4.79 Å². The van der Waals surface area contributed by atoms with E-state index in [-0.39, 0.29) is 0 Å². The molecule has 0 rings (SSSR count). The third kappa shape index (κ3) is 12.7. The summed E-state index contributed by atoms with van der Waals surface area (Å²) in [5, 5.41) is 17.3. The Hall–Kier alpha value is -1.51. The lowest BCUT2D eigenvalue weighted by Crippen LogP contribution is -1.97. The van der Waals surface area contributed by atoms with E-state index in [2.05, 4.69) is 13.0 Å². The highest BCUT2D eigenvalue weighted by molar-refractivity contribution is 5.83. The minimum absolute atomic E-state index is 0.642. The molecule has 3 heteroatoms. The van der Waals surface area contributed by atoms with Crippen LogP contribution in [-0.2, 0) is 4.79 Å². The molecule has 0 aromatic heterocycles. The Bertz CT molecular complexity index is 314. The third-order valence-corrected chi connectivity index (χ3v) is 2.81. The monoisotopic (exact) mass is 266 g/mol. The summed E-state index contributed by atoms with van der Waals surface area (Å²) in [6, 6.07) is 0. The predicted molar refractivity (Wildman–Crippen MR) is 79.2 cm³/mol. The lowest BCUT2D eigenvalue weighted by molar-refractivity contribution is -0.135. The van der Waals surface area contributed by atoms with Crippen molar-refractivity contribution in [2.45, 2.75) is 58.3 Å². The number of carboxylic acids is 1. The molecule has 0 aromatic carbocycles. The topological polar surface area (TPSA) is 57.5 Å². The average molecular weight is 266 g/mol. The highest BCUT2D eigenvalue weighted by atomic mass is 16.4. The van der Waals surface area contributed by atoms with Gasteiger partial charge in [0.05, 0.1) is 0 Å². The summed E-state index contributed by atoms with van der Waals surface area (Å²) in [6.07, 6.45) is 18.5. The highest BCUT2D eigenvalue weighted by Gasteiger charge is 1.99. The molecule has 19 heavy (non-hydrogen) atoms. The smallest absolute Gasteiger partial charge is 0.370 e. The lowest BCUT2D eigenvalue weighted by Gasteiger charge is -1.98. The normalized spacial score (nSPS) is 12.6. The summed E-state index contributed by atoms with van der Waals surface area (Å²) in [5.74, 6) is -1.95. The molecule has 0 amide bonds. The van der Waals surface area contributed by atoms with Crippen LogP contribution in [0.3, 0.4) is 0 Å². The van der Waals surface area contributed by atoms with Crippen molar-refractivity contribution in [2.75, 3.05) is 0 Å². The largest absolute Gasteiger partial charge is 0.502 e. The molecule has 0 spiro atoms. The van der Waals surface area contributed by atoms with Crippen molar-refractivity contribution >= 4 is 5.97 Å². The SMILES string of the molecule is CCCCCCCCCC=CC=CC=C(O)C(=O)O. The van der Waals surface area contributed by atoms with Crippen LogP contribution in [0.2, 0.25) is 0 Å². The molecule has 0 bridgehead atoms. The van der Waals surface area contributed by atoms with Gasteiger partial charge in [0, 0.05) is 0 Å². The quantitative estimate of drug-likeness (QED) is 0.245. The van der Waals surface area contributed by atoms with Gasteiger partial charge in [-0.1, -0.05) is 69.8 Å². The number of hydrogen-bond donors (Lipinski definition) is 2. The molecule has 0 saturated heterocycles. The Morgan fingerprint density at radius 3 is 2.16 bits per heavy atom. The Morgan fingerprint density at radius 1 is 0.895 bits per heavy atom. The molecule has 0 atom stereocenters. The average Bonchev–Trinajstić information content (AvgIpc) is 2.39. The second-order valence-corrected chi connectivity index (χ2v) is 4.58. The zero-order valence-corrected chi connectivity index (χ0v) is 11.8. The number of aliphatic hydroxyl groups is 1. The van der Waals surface area contributed by atoms with Crippen molar-refractivity contribution in [3.05, 3.63) is 36.1 Å². The van der Waals surface area contributed by atoms with Crippen molar-refractivity contribution in [3.8, 4) is 0 Å². The zero-order valence-electron chi connectivity index (χ0n) is 11.8. The number of aliphatic hydroxyl groups excluding tert-OH is 1. The van der Waals surface area contributed by atoms with Crippen molar-refractivity contribution in [1.82, 2.24) is 0 Å². The van der Waals surface area contributed by atoms with E-state index in [0.29, 0.717) is 0 Å². The van der Waals surface area contributed by atoms with Gasteiger partial charge < -0.3 is 10.2 Å². The van der Waals surface area contributed by atoms with E-state index < -0.39 is 11.7 Å². The van der Waals surface area contributed by atoms with Crippen LogP contribution in [0.5, 0.6) is 0 Å². The molecule has 108 valence electrons. The zero-order chi connectivity index (χ0) is 14.3. The third-order valence-electron chi connectivity index (χ3n) is 2.81. The fourth-order valence-corrected chi connectivity index (χ4v) is 1.68. The Kier molecular flexibility index (Phi) is 11.9. The number of aliphatic carboxylic acids is 1. The maximum absolute atomic E-state index is 10.3. The molecule has 0 aliphatic heterocycles. The van der Waals surface area contributed by atoms with Crippen molar-refractivity contribution < 1.29 is 15.0 Å². The molecule has 0 unspecified atom stereocenters. The summed E-state index contributed by atoms with van der Waals surface area (Å²) >= 11 is 0. The van der Waals surface area contributed by atoms with E-state index >= 15 is 0 Å². The van der Waals surface area contributed by atoms with Gasteiger partial charge >= 0.3 is 5.97 Å². The van der Waals surface area contributed by atoms with Crippen molar-refractivity contribution in [3.63, 3.8) is 0 Å². The van der Waals surface area contributed by atoms with E-state index in [1.807, 2.05) is 6.08 Å². The molecule has 0 fully saturated rings. The van der Waals surface area contributed by atoms with Crippen LogP contribution < -0.4 is 0 Å². The van der Waals surface area contributed by atoms with Crippen LogP contribution in [0, 0.1) is 0 Å². The molecule has 0 aliphatic rings. The van der Waals surface area contributed by atoms with E-state index in [1.165, 1.54) is 57.1 Å². The first kappa shape index (κ1) is 17.5. The Morgan fingerprint density at radius 2 is 1.53 bits per heavy atom. The number of unbranched alkanes of at least 4 members (excludes halogenated alkanes) is 7. The summed E-state index contributed by atoms with van der Waals surface area (Å²) in [4.78, 5) is 10.3. The van der Waals surface area contributed by atoms with Crippen LogP contribution in [0.4, 0.5) is 0 Å². The van der Waals surface area contributed by atoms with Crippen LogP contribution in [-0.4, -0.2) is 16.2 Å². The summed E-state index contributed by atoms with van der Waals surface area (Å²) < 4.78 is 0. The number of rotatable bonds is 11. The first-order valence-corrected chi connectivity index (χ1v) is 7.14. The summed E-state index contributed by atoms with van der Waals surface area (Å²) in [7, 11) is 0. The Balaban J connectivity index is 3.46. The molecular weight excluding hydrogens is 240 g/mol. The highest BCUT2D eigenvalue weighted by Crippen LogP contribution is 2.08. The van der Waals surface area contributed by atoms with Gasteiger partial charge in [-0.15, -0.1) is 0 Å². The number of hydrogen-bond acceptors (Lipinski definition) is 2. The summed E-state index contributed by atoms with van der Waals surface area (Å²) in [5.41, 5.74) is 0. The van der Waals surface area contributed by atoms with Gasteiger partial charge in [0.1, 0.15) is 0 Å². The molecule has 2 N–H and O–H groups in total. The number of carboxylic acid groups (broad SMARTS) is 1. The van der Waals surface area contributed by atoms with E-state index in [4.69, 9.17) is 10.2 Å². The van der Waals surface area contributed by atoms with Crippen LogP contribution in [0.1, 0.15) is 58.3 Å². The molecule has 0 saturated carbocycles. The molecule has 0 heterocycles. The van der Waals surface area contributed by atoms with E-state index in [0.717, 1.165) is 6.42 Å². The molecule has 3 nitrogen and oxygen atoms in total. The number of allylic oxidation sites excluding steroid dienone is 5. The van der Waals surface area contributed by atoms with Gasteiger partial charge in [-0.3, -0.25) is 0 Å². The van der Waals surface area contributed by atoms with Gasteiger partial charge in [0.25, 0.3) is 0 Å². The lowest BCUT2D eigenvalue weighted by atomic mass is 10.1. The fourth-order valence-electron chi connectivity index (χ4n) is 1.68.